The molecule has 0 aliphatic rings. The highest BCUT2D eigenvalue weighted by Crippen LogP contribution is 2.29. The molecule has 0 spiro atoms. The molecule has 0 bridgehead atoms. The van der Waals surface area contributed by atoms with Crippen LogP contribution in [0.15, 0.2) is 42.5 Å². The van der Waals surface area contributed by atoms with Crippen LogP contribution >= 0.6 is 23.4 Å². The number of hydrogen-bond donors (Lipinski definition) is 2. The van der Waals surface area contributed by atoms with Gasteiger partial charge in [0.05, 0.1) is 17.8 Å². The van der Waals surface area contributed by atoms with Gasteiger partial charge in [0.1, 0.15) is 11.3 Å². The maximum Gasteiger partial charge on any atom is 0.342 e. The molecule has 2 rings (SSSR count). The minimum Gasteiger partial charge on any atom is -0.496 e. The van der Waals surface area contributed by atoms with E-state index in [1.165, 1.54) is 24.8 Å². The number of nitrogens with two attached hydrogens (primary N) is 1. The number of nitrogens with one attached hydrogen (secondary N) is 1. The van der Waals surface area contributed by atoms with E-state index >= 15 is 0 Å². The van der Waals surface area contributed by atoms with Crippen molar-refractivity contribution in [2.45, 2.75) is 5.75 Å². The van der Waals surface area contributed by atoms with Gasteiger partial charge in [-0.05, 0) is 11.6 Å². The number of methoxy groups -OCH3 is 1. The first-order chi connectivity index (χ1) is 13.0. The van der Waals surface area contributed by atoms with Gasteiger partial charge in [-0.1, -0.05) is 41.9 Å². The predicted molar refractivity (Wildman–Crippen MR) is 108 cm³/mol. The van der Waals surface area contributed by atoms with Gasteiger partial charge in [0.2, 0.25) is 0 Å². The van der Waals surface area contributed by atoms with E-state index in [0.717, 1.165) is 11.5 Å². The van der Waals surface area contributed by atoms with Gasteiger partial charge in [0, 0.05) is 24.1 Å². The van der Waals surface area contributed by atoms with E-state index in [4.69, 9.17) is 26.8 Å². The maximum atomic E-state index is 12.1. The third kappa shape index (κ3) is 6.69. The molecule has 0 saturated carbocycles. The molecule has 0 atom stereocenters. The third-order valence-corrected chi connectivity index (χ3v) is 4.91. The fraction of sp³-hybridized carbons (Fsp3) is 0.263. The summed E-state index contributed by atoms with van der Waals surface area (Å²) in [5.41, 5.74) is 7.31. The summed E-state index contributed by atoms with van der Waals surface area (Å²) in [5.74, 6) is 0.797. The number of esters is 1. The highest BCUT2D eigenvalue weighted by molar-refractivity contribution is 7.98. The maximum absolute atomic E-state index is 12.1. The van der Waals surface area contributed by atoms with Crippen LogP contribution in [-0.2, 0) is 15.3 Å². The second-order valence-electron chi connectivity index (χ2n) is 5.54. The standard InChI is InChI=1S/C19H21ClN2O4S/c1-25-17-10-16(21)15(20)9-14(17)19(24)26-11-18(23)22-7-8-27-12-13-5-3-2-4-6-13/h2-6,9-10H,7-8,11-12,21H2,1H3,(H,22,23). The lowest BCUT2D eigenvalue weighted by Crippen LogP contribution is -2.30. The zero-order valence-electron chi connectivity index (χ0n) is 14.9. The summed E-state index contributed by atoms with van der Waals surface area (Å²) in [6, 6.07) is 12.9. The molecule has 0 saturated heterocycles. The summed E-state index contributed by atoms with van der Waals surface area (Å²) >= 11 is 7.63. The summed E-state index contributed by atoms with van der Waals surface area (Å²) in [6.07, 6.45) is 0. The number of ether oxygens (including phenoxy) is 2. The molecule has 6 nitrogen and oxygen atoms in total. The van der Waals surface area contributed by atoms with Gasteiger partial charge in [-0.3, -0.25) is 4.79 Å². The molecule has 0 aliphatic carbocycles. The van der Waals surface area contributed by atoms with E-state index < -0.39 is 5.97 Å². The molecular formula is C19H21ClN2O4S. The number of carbonyl (C=O) groups excluding carboxylic acids is 2. The normalized spacial score (nSPS) is 10.3. The van der Waals surface area contributed by atoms with E-state index in [9.17, 15) is 9.59 Å². The SMILES string of the molecule is COc1cc(N)c(Cl)cc1C(=O)OCC(=O)NCCSCc1ccccc1. The Labute approximate surface area is 167 Å². The predicted octanol–water partition coefficient (Wildman–Crippen LogP) is 3.14. The molecule has 0 fully saturated rings. The number of carbonyl (C=O) groups is 2. The minimum absolute atomic E-state index is 0.114. The lowest BCUT2D eigenvalue weighted by Gasteiger charge is -2.11. The average molecular weight is 409 g/mol. The molecule has 1 amide bonds. The third-order valence-electron chi connectivity index (χ3n) is 3.55. The van der Waals surface area contributed by atoms with Crippen LogP contribution in [0.4, 0.5) is 5.69 Å². The van der Waals surface area contributed by atoms with Gasteiger partial charge < -0.3 is 20.5 Å². The number of benzene rings is 2. The molecule has 0 heterocycles. The van der Waals surface area contributed by atoms with Crippen molar-refractivity contribution in [1.29, 1.82) is 0 Å². The first-order valence-corrected chi connectivity index (χ1v) is 9.73. The van der Waals surface area contributed by atoms with Crippen LogP contribution < -0.4 is 15.8 Å². The van der Waals surface area contributed by atoms with Crippen molar-refractivity contribution >= 4 is 40.9 Å². The first kappa shape index (κ1) is 20.9. The lowest BCUT2D eigenvalue weighted by atomic mass is 10.2. The Hall–Kier alpha value is -2.38. The summed E-state index contributed by atoms with van der Waals surface area (Å²) in [4.78, 5) is 24.0. The molecule has 0 aliphatic heterocycles. The Balaban J connectivity index is 1.71. The number of rotatable bonds is 9. The van der Waals surface area contributed by atoms with E-state index in [-0.39, 0.29) is 34.5 Å². The van der Waals surface area contributed by atoms with Crippen molar-refractivity contribution < 1.29 is 19.1 Å². The number of hydrogen-bond acceptors (Lipinski definition) is 6. The lowest BCUT2D eigenvalue weighted by molar-refractivity contribution is -0.124. The first-order valence-electron chi connectivity index (χ1n) is 8.19. The van der Waals surface area contributed by atoms with Crippen LogP contribution in [0.5, 0.6) is 5.75 Å². The molecule has 3 N–H and O–H groups in total. The van der Waals surface area contributed by atoms with Gasteiger partial charge in [-0.2, -0.15) is 11.8 Å². The smallest absolute Gasteiger partial charge is 0.342 e. The molecule has 0 radical (unpaired) electrons. The number of nitrogen functional groups attached to an aromatic ring is 1. The van der Waals surface area contributed by atoms with Crippen LogP contribution in [0.1, 0.15) is 15.9 Å². The zero-order chi connectivity index (χ0) is 19.6. The van der Waals surface area contributed by atoms with E-state index in [0.29, 0.717) is 6.54 Å². The minimum atomic E-state index is -0.706. The summed E-state index contributed by atoms with van der Waals surface area (Å²) < 4.78 is 10.1. The van der Waals surface area contributed by atoms with Crippen molar-refractivity contribution in [2.24, 2.45) is 0 Å². The Morgan fingerprint density at radius 2 is 1.96 bits per heavy atom. The Morgan fingerprint density at radius 1 is 1.22 bits per heavy atom. The fourth-order valence-electron chi connectivity index (χ4n) is 2.18. The van der Waals surface area contributed by atoms with Crippen LogP contribution in [0.3, 0.4) is 0 Å². The topological polar surface area (TPSA) is 90.7 Å². The van der Waals surface area contributed by atoms with Crippen molar-refractivity contribution in [1.82, 2.24) is 5.32 Å². The molecule has 0 unspecified atom stereocenters. The van der Waals surface area contributed by atoms with Gasteiger partial charge in [0.15, 0.2) is 6.61 Å². The van der Waals surface area contributed by atoms with Crippen LogP contribution in [0, 0.1) is 0 Å². The summed E-state index contributed by atoms with van der Waals surface area (Å²) in [5, 5.41) is 2.92. The van der Waals surface area contributed by atoms with Crippen molar-refractivity contribution in [2.75, 3.05) is 31.7 Å². The number of halogens is 1. The van der Waals surface area contributed by atoms with E-state index in [2.05, 4.69) is 17.4 Å². The monoisotopic (exact) mass is 408 g/mol. The van der Waals surface area contributed by atoms with Gasteiger partial charge in [-0.25, -0.2) is 4.79 Å². The molecule has 8 heteroatoms. The fourth-order valence-corrected chi connectivity index (χ4v) is 3.17. The van der Waals surface area contributed by atoms with Gasteiger partial charge in [-0.15, -0.1) is 0 Å². The highest BCUT2D eigenvalue weighted by atomic mass is 35.5. The van der Waals surface area contributed by atoms with Crippen LogP contribution in [0.2, 0.25) is 5.02 Å². The van der Waals surface area contributed by atoms with Crippen molar-refractivity contribution in [3.8, 4) is 5.75 Å². The molecule has 144 valence electrons. The van der Waals surface area contributed by atoms with E-state index in [1.54, 1.807) is 11.8 Å². The van der Waals surface area contributed by atoms with Gasteiger partial charge >= 0.3 is 5.97 Å². The van der Waals surface area contributed by atoms with Gasteiger partial charge in [0.25, 0.3) is 5.91 Å². The number of amides is 1. The largest absolute Gasteiger partial charge is 0.496 e. The zero-order valence-corrected chi connectivity index (χ0v) is 16.4. The highest BCUT2D eigenvalue weighted by Gasteiger charge is 2.17. The molecule has 2 aromatic carbocycles. The molecule has 2 aromatic rings. The van der Waals surface area contributed by atoms with E-state index in [1.807, 2.05) is 18.2 Å². The Morgan fingerprint density at radius 3 is 2.67 bits per heavy atom. The molecule has 0 aromatic heterocycles. The molecular weight excluding hydrogens is 388 g/mol. The summed E-state index contributed by atoms with van der Waals surface area (Å²) in [6.45, 7) is 0.109. The second kappa shape index (κ2) is 10.7. The average Bonchev–Trinajstić information content (AvgIpc) is 2.68. The number of thioether (sulfide) groups is 1. The number of anilines is 1. The van der Waals surface area contributed by atoms with Crippen LogP contribution in [0.25, 0.3) is 0 Å². The Bertz CT molecular complexity index is 787. The van der Waals surface area contributed by atoms with Crippen molar-refractivity contribution in [3.05, 3.63) is 58.6 Å². The molecule has 27 heavy (non-hydrogen) atoms. The summed E-state index contributed by atoms with van der Waals surface area (Å²) in [7, 11) is 1.40. The second-order valence-corrected chi connectivity index (χ2v) is 7.05. The van der Waals surface area contributed by atoms with Crippen molar-refractivity contribution in [3.63, 3.8) is 0 Å². The quantitative estimate of drug-likeness (QED) is 0.376. The Kier molecular flexibility index (Phi) is 8.29. The van der Waals surface area contributed by atoms with Crippen LogP contribution in [-0.4, -0.2) is 37.9 Å².